The molecule has 0 bridgehead atoms. The Kier molecular flexibility index (Phi) is 7.76. The molecule has 1 aromatic rings. The first kappa shape index (κ1) is 20.7. The van der Waals surface area contributed by atoms with E-state index in [2.05, 4.69) is 15.1 Å². The van der Waals surface area contributed by atoms with Crippen molar-refractivity contribution in [3.63, 3.8) is 0 Å². The molecule has 1 aromatic carbocycles. The van der Waals surface area contributed by atoms with E-state index in [0.29, 0.717) is 19.1 Å². The van der Waals surface area contributed by atoms with Crippen molar-refractivity contribution in [2.45, 2.75) is 38.2 Å². The molecule has 28 heavy (non-hydrogen) atoms. The Hall–Kier alpha value is -2.03. The molecule has 2 heterocycles. The van der Waals surface area contributed by atoms with Gasteiger partial charge in [0.05, 0.1) is 17.6 Å². The fraction of sp³-hybridized carbons (Fsp3) is 0.650. The third kappa shape index (κ3) is 6.25. The van der Waals surface area contributed by atoms with Crippen LogP contribution in [0, 0.1) is 10.1 Å². The second kappa shape index (κ2) is 10.5. The first-order valence-electron chi connectivity index (χ1n) is 10.2. The van der Waals surface area contributed by atoms with Crippen LogP contribution in [0.5, 0.6) is 0 Å². The lowest BCUT2D eigenvalue weighted by Crippen LogP contribution is -2.39. The van der Waals surface area contributed by atoms with E-state index in [4.69, 9.17) is 4.74 Å². The van der Waals surface area contributed by atoms with Gasteiger partial charge in [0.2, 0.25) is 5.91 Å². The molecule has 2 aliphatic rings. The van der Waals surface area contributed by atoms with Crippen LogP contribution in [0.2, 0.25) is 0 Å². The van der Waals surface area contributed by atoms with Gasteiger partial charge in [-0.1, -0.05) is 12.1 Å². The molecule has 8 nitrogen and oxygen atoms in total. The first-order chi connectivity index (χ1) is 13.6. The standard InChI is InChI=1S/C20H30N4O4/c25-20(21-18-5-1-2-6-19(18)24(26)27)9-14-23-12-7-17(8-13-23)28-16-15-22-10-3-4-11-22/h1-2,5-6,17H,3-4,7-16H2,(H,21,25). The molecule has 0 aliphatic carbocycles. The molecule has 0 radical (unpaired) electrons. The molecule has 0 unspecified atom stereocenters. The van der Waals surface area contributed by atoms with Gasteiger partial charge >= 0.3 is 0 Å². The molecule has 154 valence electrons. The quantitative estimate of drug-likeness (QED) is 0.515. The number of likely N-dealkylation sites (tertiary alicyclic amines) is 2. The minimum atomic E-state index is -0.482. The predicted molar refractivity (Wildman–Crippen MR) is 107 cm³/mol. The molecule has 2 saturated heterocycles. The zero-order chi connectivity index (χ0) is 19.8. The summed E-state index contributed by atoms with van der Waals surface area (Å²) in [6, 6.07) is 6.22. The zero-order valence-corrected chi connectivity index (χ0v) is 16.3. The molecule has 0 spiro atoms. The maximum atomic E-state index is 12.2. The van der Waals surface area contributed by atoms with E-state index in [-0.39, 0.29) is 17.3 Å². The average Bonchev–Trinajstić information content (AvgIpc) is 3.21. The number of carbonyl (C=O) groups excluding carboxylic acids is 1. The van der Waals surface area contributed by atoms with Crippen molar-refractivity contribution in [3.8, 4) is 0 Å². The summed E-state index contributed by atoms with van der Waals surface area (Å²) in [5.74, 6) is -0.196. The zero-order valence-electron chi connectivity index (χ0n) is 16.3. The number of amides is 1. The van der Waals surface area contributed by atoms with Crippen molar-refractivity contribution in [1.82, 2.24) is 9.80 Å². The lowest BCUT2D eigenvalue weighted by molar-refractivity contribution is -0.383. The number of benzene rings is 1. The normalized spacial score (nSPS) is 19.0. The van der Waals surface area contributed by atoms with Crippen LogP contribution in [0.25, 0.3) is 0 Å². The largest absolute Gasteiger partial charge is 0.377 e. The fourth-order valence-corrected chi connectivity index (χ4v) is 3.87. The van der Waals surface area contributed by atoms with E-state index in [1.54, 1.807) is 18.2 Å². The number of carbonyl (C=O) groups is 1. The Bertz CT molecular complexity index is 655. The highest BCUT2D eigenvalue weighted by Crippen LogP contribution is 2.23. The van der Waals surface area contributed by atoms with Crippen molar-refractivity contribution >= 4 is 17.3 Å². The second-order valence-electron chi connectivity index (χ2n) is 7.53. The van der Waals surface area contributed by atoms with Gasteiger partial charge in [-0.25, -0.2) is 0 Å². The van der Waals surface area contributed by atoms with E-state index in [9.17, 15) is 14.9 Å². The van der Waals surface area contributed by atoms with Crippen molar-refractivity contribution in [1.29, 1.82) is 0 Å². The number of nitrogens with one attached hydrogen (secondary N) is 1. The van der Waals surface area contributed by atoms with Gasteiger partial charge in [0.15, 0.2) is 0 Å². The van der Waals surface area contributed by atoms with Crippen LogP contribution >= 0.6 is 0 Å². The summed E-state index contributed by atoms with van der Waals surface area (Å²) in [4.78, 5) is 27.4. The number of hydrogen-bond donors (Lipinski definition) is 1. The van der Waals surface area contributed by atoms with Crippen LogP contribution in [0.3, 0.4) is 0 Å². The molecule has 0 aromatic heterocycles. The maximum Gasteiger partial charge on any atom is 0.292 e. The number of hydrogen-bond acceptors (Lipinski definition) is 6. The first-order valence-corrected chi connectivity index (χ1v) is 10.2. The van der Waals surface area contributed by atoms with E-state index in [0.717, 1.165) is 39.1 Å². The third-order valence-electron chi connectivity index (χ3n) is 5.52. The van der Waals surface area contributed by atoms with Crippen LogP contribution in [0.1, 0.15) is 32.1 Å². The number of anilines is 1. The van der Waals surface area contributed by atoms with Gasteiger partial charge in [0, 0.05) is 38.7 Å². The molecule has 0 atom stereocenters. The molecular weight excluding hydrogens is 360 g/mol. The van der Waals surface area contributed by atoms with E-state index in [1.165, 1.54) is 32.0 Å². The summed E-state index contributed by atoms with van der Waals surface area (Å²) in [7, 11) is 0. The van der Waals surface area contributed by atoms with Gasteiger partial charge in [-0.15, -0.1) is 0 Å². The number of nitro benzene ring substituents is 1. The molecular formula is C20H30N4O4. The van der Waals surface area contributed by atoms with Gasteiger partial charge in [0.1, 0.15) is 5.69 Å². The van der Waals surface area contributed by atoms with Gasteiger partial charge in [-0.2, -0.15) is 0 Å². The summed E-state index contributed by atoms with van der Waals surface area (Å²) in [5.41, 5.74) is 0.172. The van der Waals surface area contributed by atoms with Crippen molar-refractivity contribution in [2.75, 3.05) is 51.2 Å². The van der Waals surface area contributed by atoms with E-state index in [1.807, 2.05) is 0 Å². The smallest absolute Gasteiger partial charge is 0.292 e. The van der Waals surface area contributed by atoms with Crippen molar-refractivity contribution in [2.24, 2.45) is 0 Å². The Morgan fingerprint density at radius 1 is 1.11 bits per heavy atom. The average molecular weight is 390 g/mol. The monoisotopic (exact) mass is 390 g/mol. The summed E-state index contributed by atoms with van der Waals surface area (Å²) in [6.07, 6.45) is 5.25. The molecule has 1 N–H and O–H groups in total. The Labute approximate surface area is 166 Å². The van der Waals surface area contributed by atoms with Gasteiger partial charge in [-0.3, -0.25) is 14.9 Å². The topological polar surface area (TPSA) is 88.0 Å². The number of rotatable bonds is 9. The summed E-state index contributed by atoms with van der Waals surface area (Å²) in [6.45, 7) is 6.76. The SMILES string of the molecule is O=C(CCN1CCC(OCCN2CCCC2)CC1)Nc1ccccc1[N+](=O)[O-]. The maximum absolute atomic E-state index is 12.2. The number of para-hydroxylation sites is 2. The highest BCUT2D eigenvalue weighted by atomic mass is 16.6. The summed E-state index contributed by atoms with van der Waals surface area (Å²) >= 11 is 0. The highest BCUT2D eigenvalue weighted by molar-refractivity contribution is 5.93. The van der Waals surface area contributed by atoms with Crippen LogP contribution in [-0.4, -0.2) is 72.6 Å². The second-order valence-corrected chi connectivity index (χ2v) is 7.53. The van der Waals surface area contributed by atoms with Crippen molar-refractivity contribution in [3.05, 3.63) is 34.4 Å². The minimum absolute atomic E-state index is 0.0808. The number of ether oxygens (including phenoxy) is 1. The van der Waals surface area contributed by atoms with Gasteiger partial charge < -0.3 is 19.9 Å². The van der Waals surface area contributed by atoms with Crippen LogP contribution in [0.15, 0.2) is 24.3 Å². The molecule has 1 amide bonds. The number of nitrogens with zero attached hydrogens (tertiary/aromatic N) is 3. The lowest BCUT2D eigenvalue weighted by Gasteiger charge is -2.32. The molecule has 2 fully saturated rings. The molecule has 3 rings (SSSR count). The minimum Gasteiger partial charge on any atom is -0.377 e. The predicted octanol–water partition coefficient (Wildman–Crippen LogP) is 2.50. The van der Waals surface area contributed by atoms with Crippen LogP contribution < -0.4 is 5.32 Å². The van der Waals surface area contributed by atoms with Crippen LogP contribution in [0.4, 0.5) is 11.4 Å². The Morgan fingerprint density at radius 3 is 2.50 bits per heavy atom. The Balaban J connectivity index is 1.31. The van der Waals surface area contributed by atoms with Crippen LogP contribution in [-0.2, 0) is 9.53 Å². The molecule has 2 aliphatic heterocycles. The third-order valence-corrected chi connectivity index (χ3v) is 5.52. The van der Waals surface area contributed by atoms with E-state index >= 15 is 0 Å². The lowest BCUT2D eigenvalue weighted by atomic mass is 10.1. The summed E-state index contributed by atoms with van der Waals surface area (Å²) in [5, 5.41) is 13.7. The van der Waals surface area contributed by atoms with E-state index < -0.39 is 4.92 Å². The highest BCUT2D eigenvalue weighted by Gasteiger charge is 2.21. The van der Waals surface area contributed by atoms with Gasteiger partial charge in [-0.05, 0) is 44.8 Å². The fourth-order valence-electron chi connectivity index (χ4n) is 3.87. The Morgan fingerprint density at radius 2 is 1.79 bits per heavy atom. The molecule has 8 heteroatoms. The van der Waals surface area contributed by atoms with Crippen molar-refractivity contribution < 1.29 is 14.5 Å². The molecule has 0 saturated carbocycles. The number of piperidine rings is 1. The number of nitro groups is 1. The summed E-state index contributed by atoms with van der Waals surface area (Å²) < 4.78 is 6.02. The van der Waals surface area contributed by atoms with Gasteiger partial charge in [0.25, 0.3) is 5.69 Å².